The first-order valence-electron chi connectivity index (χ1n) is 8.90. The fraction of sp³-hybridized carbons (Fsp3) is 0.421. The average molecular weight is 338 g/mol. The van der Waals surface area contributed by atoms with Crippen LogP contribution in [0.25, 0.3) is 0 Å². The number of carbonyl (C=O) groups excluding carboxylic acids is 1. The van der Waals surface area contributed by atoms with Gasteiger partial charge >= 0.3 is 0 Å². The molecule has 1 unspecified atom stereocenters. The number of hydrogen-bond acceptors (Lipinski definition) is 5. The first-order chi connectivity index (χ1) is 12.3. The summed E-state index contributed by atoms with van der Waals surface area (Å²) in [6, 6.07) is 12.0. The van der Waals surface area contributed by atoms with Crippen molar-refractivity contribution >= 4 is 17.4 Å². The van der Waals surface area contributed by atoms with E-state index >= 15 is 0 Å². The minimum Gasteiger partial charge on any atom is -0.376 e. The molecule has 0 saturated carbocycles. The second-order valence-electron chi connectivity index (χ2n) is 6.51. The zero-order valence-corrected chi connectivity index (χ0v) is 14.1. The van der Waals surface area contributed by atoms with Crippen molar-refractivity contribution in [2.45, 2.75) is 31.8 Å². The Bertz CT molecular complexity index is 741. The van der Waals surface area contributed by atoms with Gasteiger partial charge in [-0.05, 0) is 49.4 Å². The summed E-state index contributed by atoms with van der Waals surface area (Å²) in [5.74, 6) is 0.580. The van der Waals surface area contributed by atoms with Crippen LogP contribution in [0.2, 0.25) is 0 Å². The first-order valence-corrected chi connectivity index (χ1v) is 8.90. The van der Waals surface area contributed by atoms with Crippen molar-refractivity contribution in [1.29, 1.82) is 0 Å². The van der Waals surface area contributed by atoms with E-state index in [0.717, 1.165) is 44.7 Å². The van der Waals surface area contributed by atoms with Crippen molar-refractivity contribution in [2.24, 2.45) is 0 Å². The van der Waals surface area contributed by atoms with E-state index in [4.69, 9.17) is 4.74 Å². The lowest BCUT2D eigenvalue weighted by atomic mass is 10.0. The number of nitrogens with zero attached hydrogens (tertiary/aromatic N) is 3. The van der Waals surface area contributed by atoms with Gasteiger partial charge in [-0.1, -0.05) is 18.2 Å². The van der Waals surface area contributed by atoms with Gasteiger partial charge in [-0.2, -0.15) is 0 Å². The Morgan fingerprint density at radius 1 is 1.20 bits per heavy atom. The quantitative estimate of drug-likeness (QED) is 0.927. The molecule has 0 aliphatic carbocycles. The summed E-state index contributed by atoms with van der Waals surface area (Å²) < 4.78 is 5.51. The molecule has 3 heterocycles. The van der Waals surface area contributed by atoms with E-state index in [2.05, 4.69) is 38.6 Å². The predicted molar refractivity (Wildman–Crippen MR) is 95.1 cm³/mol. The zero-order chi connectivity index (χ0) is 17.1. The summed E-state index contributed by atoms with van der Waals surface area (Å²) in [5.41, 5.74) is 2.85. The number of ether oxygens (including phenoxy) is 1. The summed E-state index contributed by atoms with van der Waals surface area (Å²) in [4.78, 5) is 14.4. The maximum Gasteiger partial charge on any atom is 0.271 e. The normalized spacial score (nSPS) is 19.5. The largest absolute Gasteiger partial charge is 0.376 e. The smallest absolute Gasteiger partial charge is 0.271 e. The molecule has 1 fully saturated rings. The van der Waals surface area contributed by atoms with E-state index in [1.165, 1.54) is 11.3 Å². The number of nitrogens with one attached hydrogen (secondary N) is 1. The van der Waals surface area contributed by atoms with Crippen LogP contribution in [0.1, 0.15) is 35.3 Å². The Kier molecular flexibility index (Phi) is 4.61. The molecule has 2 aliphatic heterocycles. The van der Waals surface area contributed by atoms with E-state index in [9.17, 15) is 4.79 Å². The Labute approximate surface area is 147 Å². The van der Waals surface area contributed by atoms with Gasteiger partial charge in [0.25, 0.3) is 5.91 Å². The highest BCUT2D eigenvalue weighted by Gasteiger charge is 2.20. The molecule has 25 heavy (non-hydrogen) atoms. The molecule has 6 nitrogen and oxygen atoms in total. The van der Waals surface area contributed by atoms with Crippen LogP contribution in [0.5, 0.6) is 0 Å². The lowest BCUT2D eigenvalue weighted by Gasteiger charge is -2.29. The van der Waals surface area contributed by atoms with Crippen molar-refractivity contribution in [3.8, 4) is 0 Å². The average Bonchev–Trinajstić information content (AvgIpc) is 3.19. The molecule has 130 valence electrons. The Balaban J connectivity index is 1.44. The summed E-state index contributed by atoms with van der Waals surface area (Å²) >= 11 is 0. The van der Waals surface area contributed by atoms with Gasteiger partial charge in [0, 0.05) is 25.4 Å². The maximum atomic E-state index is 12.2. The molecular weight excluding hydrogens is 316 g/mol. The van der Waals surface area contributed by atoms with Crippen molar-refractivity contribution < 1.29 is 9.53 Å². The second-order valence-corrected chi connectivity index (χ2v) is 6.51. The molecule has 2 aliphatic rings. The summed E-state index contributed by atoms with van der Waals surface area (Å²) in [6.07, 6.45) is 4.36. The van der Waals surface area contributed by atoms with Gasteiger partial charge in [-0.3, -0.25) is 4.79 Å². The van der Waals surface area contributed by atoms with Gasteiger partial charge in [-0.15, -0.1) is 10.2 Å². The van der Waals surface area contributed by atoms with Crippen LogP contribution < -0.4 is 10.2 Å². The minimum atomic E-state index is -0.200. The minimum absolute atomic E-state index is 0.126. The molecule has 2 aromatic rings. The third-order valence-corrected chi connectivity index (χ3v) is 4.78. The number of para-hydroxylation sites is 1. The van der Waals surface area contributed by atoms with E-state index in [1.807, 2.05) is 12.1 Å². The second kappa shape index (κ2) is 7.19. The molecule has 1 amide bonds. The highest BCUT2D eigenvalue weighted by Crippen LogP contribution is 2.31. The monoisotopic (exact) mass is 338 g/mol. The number of benzene rings is 1. The lowest BCUT2D eigenvalue weighted by Crippen LogP contribution is -2.32. The van der Waals surface area contributed by atoms with Gasteiger partial charge in [0.05, 0.1) is 6.10 Å². The molecule has 1 aromatic heterocycles. The number of anilines is 2. The molecule has 6 heteroatoms. The van der Waals surface area contributed by atoms with Gasteiger partial charge in [-0.25, -0.2) is 0 Å². The van der Waals surface area contributed by atoms with Gasteiger partial charge in [0.15, 0.2) is 11.5 Å². The van der Waals surface area contributed by atoms with E-state index in [1.54, 1.807) is 6.07 Å². The summed E-state index contributed by atoms with van der Waals surface area (Å²) in [6.45, 7) is 2.23. The number of amides is 1. The van der Waals surface area contributed by atoms with Crippen LogP contribution in [0, 0.1) is 0 Å². The predicted octanol–water partition coefficient (Wildman–Crippen LogP) is 2.47. The third kappa shape index (κ3) is 3.49. The lowest BCUT2D eigenvalue weighted by molar-refractivity contribution is 0.0853. The number of hydrogen-bond donors (Lipinski definition) is 1. The molecule has 1 N–H and O–H groups in total. The van der Waals surface area contributed by atoms with E-state index in [0.29, 0.717) is 12.2 Å². The fourth-order valence-corrected chi connectivity index (χ4v) is 3.46. The highest BCUT2D eigenvalue weighted by atomic mass is 16.5. The van der Waals surface area contributed by atoms with Crippen LogP contribution >= 0.6 is 0 Å². The summed E-state index contributed by atoms with van der Waals surface area (Å²) in [5, 5.41) is 11.3. The summed E-state index contributed by atoms with van der Waals surface area (Å²) in [7, 11) is 0. The van der Waals surface area contributed by atoms with Crippen LogP contribution in [-0.2, 0) is 11.2 Å². The number of carbonyl (C=O) groups is 1. The van der Waals surface area contributed by atoms with Crippen LogP contribution in [-0.4, -0.2) is 41.9 Å². The molecule has 0 bridgehead atoms. The zero-order valence-electron chi connectivity index (χ0n) is 14.1. The SMILES string of the molecule is O=C(NCC1CCCO1)c1ccc(N2CCCc3ccccc32)nn1. The highest BCUT2D eigenvalue weighted by molar-refractivity contribution is 5.92. The maximum absolute atomic E-state index is 12.2. The van der Waals surface area contributed by atoms with Crippen molar-refractivity contribution in [2.75, 3.05) is 24.6 Å². The van der Waals surface area contributed by atoms with Crippen LogP contribution in [0.3, 0.4) is 0 Å². The van der Waals surface area contributed by atoms with Gasteiger partial charge in [0.2, 0.25) is 0 Å². The Morgan fingerprint density at radius 3 is 2.92 bits per heavy atom. The van der Waals surface area contributed by atoms with Gasteiger partial charge < -0.3 is 15.0 Å². The van der Waals surface area contributed by atoms with E-state index < -0.39 is 0 Å². The molecule has 0 radical (unpaired) electrons. The molecule has 4 rings (SSSR count). The van der Waals surface area contributed by atoms with Gasteiger partial charge in [0.1, 0.15) is 0 Å². The van der Waals surface area contributed by atoms with Crippen molar-refractivity contribution in [3.05, 3.63) is 47.7 Å². The molecule has 1 aromatic carbocycles. The molecule has 1 saturated heterocycles. The van der Waals surface area contributed by atoms with E-state index in [-0.39, 0.29) is 12.0 Å². The topological polar surface area (TPSA) is 67.3 Å². The van der Waals surface area contributed by atoms with Crippen molar-refractivity contribution in [3.63, 3.8) is 0 Å². The van der Waals surface area contributed by atoms with Crippen molar-refractivity contribution in [1.82, 2.24) is 15.5 Å². The standard InChI is InChI=1S/C19H22N4O2/c24-19(20-13-15-7-4-12-25-15)16-9-10-18(22-21-16)23-11-3-6-14-5-1-2-8-17(14)23/h1-2,5,8-10,15H,3-4,6-7,11-13H2,(H,20,24). The Morgan fingerprint density at radius 2 is 2.12 bits per heavy atom. The van der Waals surface area contributed by atoms with Crippen LogP contribution in [0.4, 0.5) is 11.5 Å². The number of rotatable bonds is 4. The fourth-order valence-electron chi connectivity index (χ4n) is 3.46. The number of aryl methyl sites for hydroxylation is 1. The third-order valence-electron chi connectivity index (χ3n) is 4.78. The first kappa shape index (κ1) is 16.0. The van der Waals surface area contributed by atoms with Crippen LogP contribution in [0.15, 0.2) is 36.4 Å². The molecular formula is C19H22N4O2. The number of aromatic nitrogens is 2. The molecule has 1 atom stereocenters. The molecule has 0 spiro atoms. The number of fused-ring (bicyclic) bond motifs is 1. The Hall–Kier alpha value is -2.47.